The van der Waals surface area contributed by atoms with Gasteiger partial charge in [0.25, 0.3) is 0 Å². The number of anilines is 1. The Labute approximate surface area is 142 Å². The molecule has 0 unspecified atom stereocenters. The first-order chi connectivity index (χ1) is 11.2. The quantitative estimate of drug-likeness (QED) is 0.599. The molecule has 4 nitrogen and oxygen atoms in total. The average Bonchev–Trinajstić information content (AvgIpc) is 2.59. The largest absolute Gasteiger partial charge is 0.497 e. The standard InChI is InChI=1S/C18H22N2O2S/c1-21-15-10-11-17(22-2)16(13-15)20-18(23)19-12-6-9-14-7-4-3-5-8-14/h3-5,7-8,10-11,13H,6,9,12H2,1-2H3,(H2,19,20,23). The third kappa shape index (κ3) is 5.45. The molecule has 23 heavy (non-hydrogen) atoms. The fourth-order valence-corrected chi connectivity index (χ4v) is 2.43. The smallest absolute Gasteiger partial charge is 0.170 e. The number of rotatable bonds is 7. The first kappa shape index (κ1) is 17.1. The predicted octanol–water partition coefficient (Wildman–Crippen LogP) is 3.62. The van der Waals surface area contributed by atoms with Gasteiger partial charge in [-0.25, -0.2) is 0 Å². The van der Waals surface area contributed by atoms with Crippen LogP contribution in [0.25, 0.3) is 0 Å². The van der Waals surface area contributed by atoms with Gasteiger partial charge in [-0.3, -0.25) is 0 Å². The lowest BCUT2D eigenvalue weighted by molar-refractivity contribution is 0.405. The molecule has 2 aromatic rings. The van der Waals surface area contributed by atoms with E-state index < -0.39 is 0 Å². The molecule has 0 aliphatic rings. The number of hydrogen-bond acceptors (Lipinski definition) is 3. The Bertz CT molecular complexity index is 632. The van der Waals surface area contributed by atoms with Gasteiger partial charge in [-0.1, -0.05) is 30.3 Å². The number of hydrogen-bond donors (Lipinski definition) is 2. The second kappa shape index (κ2) is 9.00. The molecule has 0 spiro atoms. The lowest BCUT2D eigenvalue weighted by Crippen LogP contribution is -2.29. The Hall–Kier alpha value is -2.27. The van der Waals surface area contributed by atoms with E-state index in [0.29, 0.717) is 5.11 Å². The van der Waals surface area contributed by atoms with Crippen LogP contribution in [0.2, 0.25) is 0 Å². The van der Waals surface area contributed by atoms with Gasteiger partial charge in [0.05, 0.1) is 19.9 Å². The van der Waals surface area contributed by atoms with E-state index in [2.05, 4.69) is 34.9 Å². The molecular weight excluding hydrogens is 308 g/mol. The highest BCUT2D eigenvalue weighted by Crippen LogP contribution is 2.28. The number of aryl methyl sites for hydroxylation is 1. The lowest BCUT2D eigenvalue weighted by atomic mass is 10.1. The van der Waals surface area contributed by atoms with Crippen LogP contribution in [-0.4, -0.2) is 25.9 Å². The van der Waals surface area contributed by atoms with E-state index in [0.717, 1.165) is 36.6 Å². The minimum Gasteiger partial charge on any atom is -0.497 e. The van der Waals surface area contributed by atoms with Crippen LogP contribution < -0.4 is 20.1 Å². The molecule has 0 bridgehead atoms. The van der Waals surface area contributed by atoms with E-state index >= 15 is 0 Å². The Morgan fingerprint density at radius 1 is 1.04 bits per heavy atom. The van der Waals surface area contributed by atoms with Crippen molar-refractivity contribution in [1.82, 2.24) is 5.32 Å². The number of ether oxygens (including phenoxy) is 2. The van der Waals surface area contributed by atoms with Crippen LogP contribution in [0.5, 0.6) is 11.5 Å². The predicted molar refractivity (Wildman–Crippen MR) is 98.5 cm³/mol. The Morgan fingerprint density at radius 2 is 1.83 bits per heavy atom. The molecule has 2 aromatic carbocycles. The zero-order valence-corrected chi connectivity index (χ0v) is 14.3. The van der Waals surface area contributed by atoms with Crippen molar-refractivity contribution < 1.29 is 9.47 Å². The summed E-state index contributed by atoms with van der Waals surface area (Å²) in [5.41, 5.74) is 2.12. The van der Waals surface area contributed by atoms with Crippen LogP contribution in [0.4, 0.5) is 5.69 Å². The Morgan fingerprint density at radius 3 is 2.52 bits per heavy atom. The number of methoxy groups -OCH3 is 2. The van der Waals surface area contributed by atoms with Crippen molar-refractivity contribution in [2.24, 2.45) is 0 Å². The van der Waals surface area contributed by atoms with Crippen LogP contribution in [0.3, 0.4) is 0 Å². The van der Waals surface area contributed by atoms with Crippen molar-refractivity contribution in [3.63, 3.8) is 0 Å². The third-order valence-electron chi connectivity index (χ3n) is 3.43. The van der Waals surface area contributed by atoms with Crippen LogP contribution in [0.1, 0.15) is 12.0 Å². The molecular formula is C18H22N2O2S. The first-order valence-electron chi connectivity index (χ1n) is 7.53. The molecule has 0 atom stereocenters. The van der Waals surface area contributed by atoms with Crippen molar-refractivity contribution in [1.29, 1.82) is 0 Å². The molecule has 0 fully saturated rings. The molecule has 0 radical (unpaired) electrons. The van der Waals surface area contributed by atoms with Crippen LogP contribution in [-0.2, 0) is 6.42 Å². The van der Waals surface area contributed by atoms with Gasteiger partial charge >= 0.3 is 0 Å². The minimum atomic E-state index is 0.574. The monoisotopic (exact) mass is 330 g/mol. The lowest BCUT2D eigenvalue weighted by Gasteiger charge is -2.14. The Kier molecular flexibility index (Phi) is 6.69. The highest BCUT2D eigenvalue weighted by molar-refractivity contribution is 7.80. The van der Waals surface area contributed by atoms with Gasteiger partial charge < -0.3 is 20.1 Å². The number of benzene rings is 2. The fourth-order valence-electron chi connectivity index (χ4n) is 2.22. The van der Waals surface area contributed by atoms with E-state index in [1.165, 1.54) is 5.56 Å². The molecule has 0 heterocycles. The molecule has 0 saturated heterocycles. The second-order valence-electron chi connectivity index (χ2n) is 5.04. The van der Waals surface area contributed by atoms with Gasteiger partial charge in [0, 0.05) is 12.6 Å². The summed E-state index contributed by atoms with van der Waals surface area (Å²) < 4.78 is 10.5. The van der Waals surface area contributed by atoms with Crippen molar-refractivity contribution in [2.75, 3.05) is 26.1 Å². The maximum Gasteiger partial charge on any atom is 0.170 e. The zero-order valence-electron chi connectivity index (χ0n) is 13.5. The van der Waals surface area contributed by atoms with Gasteiger partial charge in [-0.15, -0.1) is 0 Å². The molecule has 0 aromatic heterocycles. The molecule has 2 N–H and O–H groups in total. The highest BCUT2D eigenvalue weighted by atomic mass is 32.1. The summed E-state index contributed by atoms with van der Waals surface area (Å²) in [5.74, 6) is 1.47. The SMILES string of the molecule is COc1ccc(OC)c(NC(=S)NCCCc2ccccc2)c1. The molecule has 0 saturated carbocycles. The van der Waals surface area contributed by atoms with Gasteiger partial charge in [0.15, 0.2) is 5.11 Å². The maximum absolute atomic E-state index is 5.33. The van der Waals surface area contributed by atoms with Gasteiger partial charge in [-0.05, 0) is 42.8 Å². The number of nitrogens with one attached hydrogen (secondary N) is 2. The molecule has 0 aliphatic heterocycles. The van der Waals surface area contributed by atoms with Crippen LogP contribution in [0.15, 0.2) is 48.5 Å². The van der Waals surface area contributed by atoms with Crippen LogP contribution in [0, 0.1) is 0 Å². The summed E-state index contributed by atoms with van der Waals surface area (Å²) in [7, 11) is 3.26. The zero-order chi connectivity index (χ0) is 16.5. The molecule has 122 valence electrons. The van der Waals surface area contributed by atoms with E-state index in [1.54, 1.807) is 14.2 Å². The van der Waals surface area contributed by atoms with Gasteiger partial charge in [0.2, 0.25) is 0 Å². The number of thiocarbonyl (C=S) groups is 1. The van der Waals surface area contributed by atoms with Crippen molar-refractivity contribution >= 4 is 23.0 Å². The summed E-state index contributed by atoms with van der Waals surface area (Å²) in [5, 5.41) is 6.94. The molecule has 2 rings (SSSR count). The third-order valence-corrected chi connectivity index (χ3v) is 3.67. The molecule has 0 amide bonds. The van der Waals surface area contributed by atoms with E-state index in [4.69, 9.17) is 21.7 Å². The molecule has 5 heteroatoms. The van der Waals surface area contributed by atoms with Gasteiger partial charge in [0.1, 0.15) is 11.5 Å². The minimum absolute atomic E-state index is 0.574. The summed E-state index contributed by atoms with van der Waals surface area (Å²) in [6, 6.07) is 16.0. The van der Waals surface area contributed by atoms with E-state index in [9.17, 15) is 0 Å². The summed E-state index contributed by atoms with van der Waals surface area (Å²) in [6.07, 6.45) is 2.04. The molecule has 0 aliphatic carbocycles. The highest BCUT2D eigenvalue weighted by Gasteiger charge is 2.06. The van der Waals surface area contributed by atoms with Crippen molar-refractivity contribution in [2.45, 2.75) is 12.8 Å². The summed E-state index contributed by atoms with van der Waals surface area (Å²) in [4.78, 5) is 0. The van der Waals surface area contributed by atoms with Crippen LogP contribution >= 0.6 is 12.2 Å². The maximum atomic E-state index is 5.33. The van der Waals surface area contributed by atoms with E-state index in [1.807, 2.05) is 24.3 Å². The first-order valence-corrected chi connectivity index (χ1v) is 7.94. The van der Waals surface area contributed by atoms with Gasteiger partial charge in [-0.2, -0.15) is 0 Å². The fraction of sp³-hybridized carbons (Fsp3) is 0.278. The Balaban J connectivity index is 1.80. The average molecular weight is 330 g/mol. The van der Waals surface area contributed by atoms with Crippen molar-refractivity contribution in [3.8, 4) is 11.5 Å². The summed E-state index contributed by atoms with van der Waals surface area (Å²) in [6.45, 7) is 0.813. The normalized spacial score (nSPS) is 10.0. The van der Waals surface area contributed by atoms with Crippen molar-refractivity contribution in [3.05, 3.63) is 54.1 Å². The topological polar surface area (TPSA) is 42.5 Å². The summed E-state index contributed by atoms with van der Waals surface area (Å²) >= 11 is 5.33. The second-order valence-corrected chi connectivity index (χ2v) is 5.44. The van der Waals surface area contributed by atoms with E-state index in [-0.39, 0.29) is 0 Å².